The summed E-state index contributed by atoms with van der Waals surface area (Å²) in [5.41, 5.74) is 0.249. The molecular formula is C30H40F3NO5. The number of amides is 1. The smallest absolute Gasteiger partial charge is 0.419 e. The highest BCUT2D eigenvalue weighted by atomic mass is 19.4. The summed E-state index contributed by atoms with van der Waals surface area (Å²) < 4.78 is 64.4. The Balaban J connectivity index is 1.68. The Morgan fingerprint density at radius 3 is 2.18 bits per heavy atom. The van der Waals surface area contributed by atoms with Crippen LogP contribution in [0.15, 0.2) is 42.5 Å². The van der Waals surface area contributed by atoms with Crippen LogP contribution in [0, 0.1) is 6.92 Å². The minimum absolute atomic E-state index is 0.132. The van der Waals surface area contributed by atoms with Crippen LogP contribution >= 0.6 is 0 Å². The first kappa shape index (κ1) is 30.8. The molecule has 1 aliphatic heterocycles. The molecule has 216 valence electrons. The van der Waals surface area contributed by atoms with E-state index in [9.17, 15) is 18.0 Å². The van der Waals surface area contributed by atoms with Crippen molar-refractivity contribution >= 4 is 6.09 Å². The molecule has 9 heteroatoms. The summed E-state index contributed by atoms with van der Waals surface area (Å²) in [7, 11) is 0. The fourth-order valence-electron chi connectivity index (χ4n) is 4.18. The van der Waals surface area contributed by atoms with Crippen molar-refractivity contribution < 1.29 is 36.9 Å². The van der Waals surface area contributed by atoms with Gasteiger partial charge in [0.05, 0.1) is 30.9 Å². The van der Waals surface area contributed by atoms with E-state index in [1.54, 1.807) is 40.7 Å². The minimum atomic E-state index is -4.57. The van der Waals surface area contributed by atoms with Crippen molar-refractivity contribution in [2.45, 2.75) is 90.3 Å². The quantitative estimate of drug-likeness (QED) is 0.340. The lowest BCUT2D eigenvalue weighted by Gasteiger charge is -2.44. The average Bonchev–Trinajstić information content (AvgIpc) is 2.82. The highest BCUT2D eigenvalue weighted by Gasteiger charge is 2.42. The van der Waals surface area contributed by atoms with Crippen molar-refractivity contribution in [1.29, 1.82) is 0 Å². The first-order chi connectivity index (χ1) is 18.1. The van der Waals surface area contributed by atoms with Crippen LogP contribution in [-0.2, 0) is 33.2 Å². The summed E-state index contributed by atoms with van der Waals surface area (Å²) in [4.78, 5) is 12.6. The third-order valence-corrected chi connectivity index (χ3v) is 6.39. The molecule has 0 aromatic heterocycles. The number of nitrogens with one attached hydrogen (secondary N) is 1. The van der Waals surface area contributed by atoms with Gasteiger partial charge in [-0.2, -0.15) is 13.2 Å². The van der Waals surface area contributed by atoms with Crippen molar-refractivity contribution in [2.24, 2.45) is 0 Å². The maximum absolute atomic E-state index is 13.9. The van der Waals surface area contributed by atoms with Crippen molar-refractivity contribution in [2.75, 3.05) is 19.8 Å². The number of aryl methyl sites for hydroxylation is 3. The van der Waals surface area contributed by atoms with Crippen LogP contribution in [0.3, 0.4) is 0 Å². The van der Waals surface area contributed by atoms with Gasteiger partial charge in [-0.1, -0.05) is 35.9 Å². The number of alkyl carbamates (subject to hydrolysis) is 1. The molecule has 1 N–H and O–H groups in total. The van der Waals surface area contributed by atoms with Gasteiger partial charge in [-0.05, 0) is 90.5 Å². The number of hydrogen-bond donors (Lipinski definition) is 1. The van der Waals surface area contributed by atoms with E-state index in [1.165, 1.54) is 6.07 Å². The van der Waals surface area contributed by atoms with Gasteiger partial charge in [0, 0.05) is 0 Å². The Kier molecular flexibility index (Phi) is 9.60. The van der Waals surface area contributed by atoms with Gasteiger partial charge < -0.3 is 24.3 Å². The molecule has 1 saturated heterocycles. The van der Waals surface area contributed by atoms with Crippen LogP contribution in [-0.4, -0.2) is 42.8 Å². The van der Waals surface area contributed by atoms with E-state index in [1.807, 2.05) is 31.2 Å². The molecule has 0 spiro atoms. The number of carbonyl (C=O) groups is 1. The molecule has 0 aliphatic carbocycles. The van der Waals surface area contributed by atoms with Gasteiger partial charge in [0.25, 0.3) is 0 Å². The fourth-order valence-corrected chi connectivity index (χ4v) is 4.18. The highest BCUT2D eigenvalue weighted by Crippen LogP contribution is 2.38. The maximum Gasteiger partial charge on any atom is 0.419 e. The Morgan fingerprint density at radius 2 is 1.59 bits per heavy atom. The molecule has 0 unspecified atom stereocenters. The van der Waals surface area contributed by atoms with Crippen LogP contribution in [0.4, 0.5) is 18.0 Å². The van der Waals surface area contributed by atoms with E-state index in [0.717, 1.165) is 17.2 Å². The molecule has 1 amide bonds. The van der Waals surface area contributed by atoms with Gasteiger partial charge in [0.1, 0.15) is 11.4 Å². The molecule has 2 aromatic rings. The van der Waals surface area contributed by atoms with Crippen molar-refractivity contribution in [3.05, 3.63) is 64.7 Å². The number of halogens is 3. The molecule has 39 heavy (non-hydrogen) atoms. The lowest BCUT2D eigenvalue weighted by atomic mass is 9.91. The average molecular weight is 552 g/mol. The third-order valence-electron chi connectivity index (χ3n) is 6.39. The summed E-state index contributed by atoms with van der Waals surface area (Å²) in [6, 6.07) is 12.2. The number of ether oxygens (including phenoxy) is 4. The number of rotatable bonds is 9. The van der Waals surface area contributed by atoms with Crippen LogP contribution in [0.1, 0.15) is 69.7 Å². The predicted molar refractivity (Wildman–Crippen MR) is 143 cm³/mol. The molecule has 0 saturated carbocycles. The normalized spacial score (nSPS) is 16.9. The summed E-state index contributed by atoms with van der Waals surface area (Å²) in [6.07, 6.45) is -3.36. The third kappa shape index (κ3) is 9.72. The second-order valence-electron chi connectivity index (χ2n) is 11.7. The Bertz CT molecular complexity index is 1100. The summed E-state index contributed by atoms with van der Waals surface area (Å²) in [5.74, 6) is -1.02. The van der Waals surface area contributed by atoms with Crippen LogP contribution in [0.5, 0.6) is 5.75 Å². The van der Waals surface area contributed by atoms with Gasteiger partial charge in [0.2, 0.25) is 0 Å². The first-order valence-electron chi connectivity index (χ1n) is 13.2. The minimum Gasteiger partial charge on any atom is -0.493 e. The molecule has 6 nitrogen and oxygen atoms in total. The van der Waals surface area contributed by atoms with Gasteiger partial charge in [-0.3, -0.25) is 0 Å². The van der Waals surface area contributed by atoms with Gasteiger partial charge in [-0.15, -0.1) is 0 Å². The van der Waals surface area contributed by atoms with Crippen molar-refractivity contribution in [3.63, 3.8) is 0 Å². The lowest BCUT2D eigenvalue weighted by molar-refractivity contribution is -0.271. The number of carbonyl (C=O) groups excluding carboxylic acids is 1. The van der Waals surface area contributed by atoms with Gasteiger partial charge >= 0.3 is 12.3 Å². The molecule has 0 bridgehead atoms. The predicted octanol–water partition coefficient (Wildman–Crippen LogP) is 7.00. The van der Waals surface area contributed by atoms with Crippen LogP contribution in [0.25, 0.3) is 0 Å². The maximum atomic E-state index is 13.9. The summed E-state index contributed by atoms with van der Waals surface area (Å²) in [6.45, 7) is 11.2. The SMILES string of the molecule is Cc1ccc(CCCOc2ccc(CCC3(NC(=O)OC(C)(C)C)COC(C)(C)OC3)cc2C(F)(F)F)cc1. The van der Waals surface area contributed by atoms with Crippen LogP contribution in [0.2, 0.25) is 0 Å². The number of benzene rings is 2. The van der Waals surface area contributed by atoms with Crippen molar-refractivity contribution in [1.82, 2.24) is 5.32 Å². The van der Waals surface area contributed by atoms with Crippen LogP contribution < -0.4 is 10.1 Å². The van der Waals surface area contributed by atoms with E-state index in [0.29, 0.717) is 18.4 Å². The summed E-state index contributed by atoms with van der Waals surface area (Å²) in [5, 5.41) is 2.85. The van der Waals surface area contributed by atoms with E-state index in [2.05, 4.69) is 5.32 Å². The van der Waals surface area contributed by atoms with E-state index in [-0.39, 0.29) is 38.4 Å². The monoisotopic (exact) mass is 551 g/mol. The molecular weight excluding hydrogens is 511 g/mol. The Labute approximate surface area is 229 Å². The topological polar surface area (TPSA) is 66.0 Å². The zero-order chi connectivity index (χ0) is 28.9. The molecule has 1 heterocycles. The lowest BCUT2D eigenvalue weighted by Crippen LogP contribution is -2.61. The van der Waals surface area contributed by atoms with E-state index < -0.39 is 34.8 Å². The zero-order valence-electron chi connectivity index (χ0n) is 23.7. The Hall–Kier alpha value is -2.78. The number of alkyl halides is 3. The van der Waals surface area contributed by atoms with Gasteiger partial charge in [0.15, 0.2) is 5.79 Å². The highest BCUT2D eigenvalue weighted by molar-refractivity contribution is 5.69. The first-order valence-corrected chi connectivity index (χ1v) is 13.2. The Morgan fingerprint density at radius 1 is 0.974 bits per heavy atom. The summed E-state index contributed by atoms with van der Waals surface area (Å²) >= 11 is 0. The largest absolute Gasteiger partial charge is 0.493 e. The zero-order valence-corrected chi connectivity index (χ0v) is 23.7. The fraction of sp³-hybridized carbons (Fsp3) is 0.567. The molecule has 3 rings (SSSR count). The molecule has 1 aliphatic rings. The van der Waals surface area contributed by atoms with E-state index >= 15 is 0 Å². The van der Waals surface area contributed by atoms with Crippen molar-refractivity contribution in [3.8, 4) is 5.75 Å². The molecule has 1 fully saturated rings. The molecule has 2 aromatic carbocycles. The van der Waals surface area contributed by atoms with Gasteiger partial charge in [-0.25, -0.2) is 4.79 Å². The second-order valence-corrected chi connectivity index (χ2v) is 11.7. The standard InChI is InChI=1S/C30H40F3NO5/c1-21-9-11-22(12-10-21)8-7-17-36-25-14-13-23(18-24(25)30(31,32)33)15-16-29(19-37-28(5,6)38-20-29)34-26(35)39-27(2,3)4/h9-14,18H,7-8,15-17,19-20H2,1-6H3,(H,34,35). The molecule has 0 atom stereocenters. The molecule has 0 radical (unpaired) electrons. The second kappa shape index (κ2) is 12.2. The van der Waals surface area contributed by atoms with E-state index in [4.69, 9.17) is 18.9 Å². The number of hydrogen-bond acceptors (Lipinski definition) is 5.